The third-order valence-corrected chi connectivity index (χ3v) is 2.77. The molecule has 2 N–H and O–H groups in total. The zero-order valence-electron chi connectivity index (χ0n) is 12.4. The molecule has 0 aliphatic rings. The van der Waals surface area contributed by atoms with Crippen LogP contribution in [-0.4, -0.2) is 25.3 Å². The summed E-state index contributed by atoms with van der Waals surface area (Å²) in [4.78, 5) is 15.0. The maximum absolute atomic E-state index is 10.6. The molecule has 22 heavy (non-hydrogen) atoms. The molecule has 2 aromatic carbocycles. The van der Waals surface area contributed by atoms with E-state index < -0.39 is 5.91 Å². The molecule has 0 radical (unpaired) electrons. The summed E-state index contributed by atoms with van der Waals surface area (Å²) in [6.07, 6.45) is 1.76. The number of nitrogens with two attached hydrogens (primary N) is 1. The summed E-state index contributed by atoms with van der Waals surface area (Å²) in [5, 5.41) is 0. The Morgan fingerprint density at radius 1 is 1.05 bits per heavy atom. The first-order valence-corrected chi connectivity index (χ1v) is 6.95. The van der Waals surface area contributed by atoms with Crippen LogP contribution in [0.3, 0.4) is 0 Å². The molecule has 0 atom stereocenters. The van der Waals surface area contributed by atoms with Crippen molar-refractivity contribution in [3.63, 3.8) is 0 Å². The molecule has 0 aliphatic heterocycles. The van der Waals surface area contributed by atoms with Gasteiger partial charge in [-0.15, -0.1) is 0 Å². The molecule has 2 rings (SSSR count). The van der Waals surface area contributed by atoms with Crippen molar-refractivity contribution in [3.8, 4) is 11.5 Å². The average molecular weight is 298 g/mol. The highest BCUT2D eigenvalue weighted by molar-refractivity contribution is 5.82. The van der Waals surface area contributed by atoms with Gasteiger partial charge >= 0.3 is 0 Å². The molecule has 5 nitrogen and oxygen atoms in total. The number of primary amides is 1. The molecule has 0 aliphatic carbocycles. The molecule has 0 saturated heterocycles. The van der Waals surface area contributed by atoms with Crippen LogP contribution in [-0.2, 0) is 4.79 Å². The molecule has 0 bridgehead atoms. The molecule has 1 amide bonds. The molecular formula is C17H18N2O3. The second kappa shape index (κ2) is 7.83. The zero-order chi connectivity index (χ0) is 15.8. The molecule has 2 aromatic rings. The van der Waals surface area contributed by atoms with E-state index in [4.69, 9.17) is 15.2 Å². The van der Waals surface area contributed by atoms with Crippen LogP contribution >= 0.6 is 0 Å². The second-order valence-corrected chi connectivity index (χ2v) is 4.51. The predicted molar refractivity (Wildman–Crippen MR) is 86.0 cm³/mol. The fourth-order valence-electron chi connectivity index (χ4n) is 1.75. The van der Waals surface area contributed by atoms with Gasteiger partial charge in [0.15, 0.2) is 6.61 Å². The molecule has 5 heteroatoms. The zero-order valence-corrected chi connectivity index (χ0v) is 12.4. The van der Waals surface area contributed by atoms with E-state index in [1.807, 2.05) is 43.3 Å². The first-order chi connectivity index (χ1) is 10.7. The van der Waals surface area contributed by atoms with Gasteiger partial charge in [0.05, 0.1) is 12.3 Å². The SMILES string of the molecule is CCOc1ccc(N=Cc2ccc(OCC(N)=O)cc2)cc1. The Morgan fingerprint density at radius 2 is 1.64 bits per heavy atom. The van der Waals surface area contributed by atoms with Gasteiger partial charge in [-0.3, -0.25) is 9.79 Å². The third kappa shape index (κ3) is 4.94. The number of ether oxygens (including phenoxy) is 2. The number of hydrogen-bond acceptors (Lipinski definition) is 4. The summed E-state index contributed by atoms with van der Waals surface area (Å²) >= 11 is 0. The Morgan fingerprint density at radius 3 is 2.23 bits per heavy atom. The number of carbonyl (C=O) groups excluding carboxylic acids is 1. The number of carbonyl (C=O) groups is 1. The summed E-state index contributed by atoms with van der Waals surface area (Å²) in [5.74, 6) is 0.926. The fraction of sp³-hybridized carbons (Fsp3) is 0.176. The normalized spacial score (nSPS) is 10.6. The number of nitrogens with zero attached hydrogens (tertiary/aromatic N) is 1. The van der Waals surface area contributed by atoms with Gasteiger partial charge in [-0.05, 0) is 61.0 Å². The highest BCUT2D eigenvalue weighted by atomic mass is 16.5. The number of amides is 1. The van der Waals surface area contributed by atoms with Crippen molar-refractivity contribution in [1.29, 1.82) is 0 Å². The Bertz CT molecular complexity index is 634. The van der Waals surface area contributed by atoms with E-state index in [1.165, 1.54) is 0 Å². The van der Waals surface area contributed by atoms with Crippen molar-refractivity contribution in [2.45, 2.75) is 6.92 Å². The topological polar surface area (TPSA) is 73.9 Å². The van der Waals surface area contributed by atoms with Crippen LogP contribution in [0.5, 0.6) is 11.5 Å². The molecular weight excluding hydrogens is 280 g/mol. The number of benzene rings is 2. The Kier molecular flexibility index (Phi) is 5.54. The average Bonchev–Trinajstić information content (AvgIpc) is 2.53. The van der Waals surface area contributed by atoms with Gasteiger partial charge < -0.3 is 15.2 Å². The highest BCUT2D eigenvalue weighted by Gasteiger charge is 1.97. The van der Waals surface area contributed by atoms with Crippen LogP contribution in [0.1, 0.15) is 12.5 Å². The highest BCUT2D eigenvalue weighted by Crippen LogP contribution is 2.18. The van der Waals surface area contributed by atoms with E-state index >= 15 is 0 Å². The Labute approximate surface area is 129 Å². The van der Waals surface area contributed by atoms with Crippen molar-refractivity contribution in [1.82, 2.24) is 0 Å². The second-order valence-electron chi connectivity index (χ2n) is 4.51. The monoisotopic (exact) mass is 298 g/mol. The van der Waals surface area contributed by atoms with E-state index in [0.29, 0.717) is 12.4 Å². The van der Waals surface area contributed by atoms with Crippen LogP contribution in [0.2, 0.25) is 0 Å². The van der Waals surface area contributed by atoms with Gasteiger partial charge in [-0.25, -0.2) is 0 Å². The quantitative estimate of drug-likeness (QED) is 0.799. The van der Waals surface area contributed by atoms with E-state index in [9.17, 15) is 4.79 Å². The van der Waals surface area contributed by atoms with Crippen LogP contribution in [0.4, 0.5) is 5.69 Å². The molecule has 0 aromatic heterocycles. The molecule has 114 valence electrons. The van der Waals surface area contributed by atoms with Gasteiger partial charge in [0.1, 0.15) is 11.5 Å². The summed E-state index contributed by atoms with van der Waals surface area (Å²) in [7, 11) is 0. The van der Waals surface area contributed by atoms with Gasteiger partial charge in [0.2, 0.25) is 0 Å². The largest absolute Gasteiger partial charge is 0.494 e. The molecule has 0 fully saturated rings. The first kappa shape index (κ1) is 15.6. The smallest absolute Gasteiger partial charge is 0.255 e. The number of hydrogen-bond donors (Lipinski definition) is 1. The molecule has 0 spiro atoms. The first-order valence-electron chi connectivity index (χ1n) is 6.95. The molecule has 0 heterocycles. The molecule has 0 saturated carbocycles. The van der Waals surface area contributed by atoms with Gasteiger partial charge in [0, 0.05) is 6.21 Å². The van der Waals surface area contributed by atoms with E-state index in [2.05, 4.69) is 4.99 Å². The van der Waals surface area contributed by atoms with Gasteiger partial charge in [-0.2, -0.15) is 0 Å². The lowest BCUT2D eigenvalue weighted by Crippen LogP contribution is -2.19. The standard InChI is InChI=1S/C17H18N2O3/c1-2-21-15-9-5-14(6-10-15)19-11-13-3-7-16(8-4-13)22-12-17(18)20/h3-11H,2,12H2,1H3,(H2,18,20). The minimum atomic E-state index is -0.499. The van der Waals surface area contributed by atoms with Crippen LogP contribution in [0.15, 0.2) is 53.5 Å². The van der Waals surface area contributed by atoms with Crippen LogP contribution in [0, 0.1) is 0 Å². The Balaban J connectivity index is 1.96. The minimum Gasteiger partial charge on any atom is -0.494 e. The van der Waals surface area contributed by atoms with Crippen molar-refractivity contribution < 1.29 is 14.3 Å². The van der Waals surface area contributed by atoms with Crippen LogP contribution in [0.25, 0.3) is 0 Å². The maximum Gasteiger partial charge on any atom is 0.255 e. The van der Waals surface area contributed by atoms with E-state index in [1.54, 1.807) is 18.3 Å². The van der Waals surface area contributed by atoms with Gasteiger partial charge in [-0.1, -0.05) is 0 Å². The van der Waals surface area contributed by atoms with Crippen molar-refractivity contribution in [2.75, 3.05) is 13.2 Å². The Hall–Kier alpha value is -2.82. The van der Waals surface area contributed by atoms with Crippen LogP contribution < -0.4 is 15.2 Å². The third-order valence-electron chi connectivity index (χ3n) is 2.77. The predicted octanol–water partition coefficient (Wildman–Crippen LogP) is 2.70. The summed E-state index contributed by atoms with van der Waals surface area (Å²) in [6.45, 7) is 2.47. The lowest BCUT2D eigenvalue weighted by Gasteiger charge is -2.03. The van der Waals surface area contributed by atoms with Crippen molar-refractivity contribution in [2.24, 2.45) is 10.7 Å². The molecule has 0 unspecified atom stereocenters. The van der Waals surface area contributed by atoms with Gasteiger partial charge in [0.25, 0.3) is 5.91 Å². The lowest BCUT2D eigenvalue weighted by atomic mass is 10.2. The summed E-state index contributed by atoms with van der Waals surface area (Å²) in [5.41, 5.74) is 6.79. The minimum absolute atomic E-state index is 0.125. The number of rotatable bonds is 7. The maximum atomic E-state index is 10.6. The lowest BCUT2D eigenvalue weighted by molar-refractivity contribution is -0.119. The van der Waals surface area contributed by atoms with E-state index in [-0.39, 0.29) is 6.61 Å². The van der Waals surface area contributed by atoms with E-state index in [0.717, 1.165) is 17.0 Å². The number of aliphatic imine (C=N–C) groups is 1. The van der Waals surface area contributed by atoms with Crippen molar-refractivity contribution in [3.05, 3.63) is 54.1 Å². The van der Waals surface area contributed by atoms with Crippen molar-refractivity contribution >= 4 is 17.8 Å². The summed E-state index contributed by atoms with van der Waals surface area (Å²) in [6, 6.07) is 14.8. The fourth-order valence-corrected chi connectivity index (χ4v) is 1.75. The summed E-state index contributed by atoms with van der Waals surface area (Å²) < 4.78 is 10.6.